The minimum Gasteiger partial charge on any atom is -0.410 e. The summed E-state index contributed by atoms with van der Waals surface area (Å²) in [7, 11) is 0. The number of amides is 1. The lowest BCUT2D eigenvalue weighted by Gasteiger charge is -2.27. The van der Waals surface area contributed by atoms with Gasteiger partial charge in [0.05, 0.1) is 0 Å². The van der Waals surface area contributed by atoms with Gasteiger partial charge in [-0.1, -0.05) is 84.9 Å². The molecule has 0 spiro atoms. The van der Waals surface area contributed by atoms with Crippen LogP contribution >= 0.6 is 0 Å². The van der Waals surface area contributed by atoms with Crippen molar-refractivity contribution < 1.29 is 9.53 Å². The van der Waals surface area contributed by atoms with Crippen LogP contribution in [0.2, 0.25) is 0 Å². The van der Waals surface area contributed by atoms with Gasteiger partial charge in [-0.2, -0.15) is 0 Å². The van der Waals surface area contributed by atoms with Crippen molar-refractivity contribution in [3.8, 4) is 5.75 Å². The lowest BCUT2D eigenvalue weighted by atomic mass is 10.0. The number of para-hydroxylation sites is 1. The molecule has 0 bridgehead atoms. The van der Waals surface area contributed by atoms with Crippen molar-refractivity contribution in [2.75, 3.05) is 19.6 Å². The van der Waals surface area contributed by atoms with Gasteiger partial charge < -0.3 is 10.1 Å². The Morgan fingerprint density at radius 2 is 1.55 bits per heavy atom. The first kappa shape index (κ1) is 20.9. The van der Waals surface area contributed by atoms with E-state index in [0.717, 1.165) is 38.0 Å². The average Bonchev–Trinajstić information content (AvgIpc) is 2.81. The largest absolute Gasteiger partial charge is 0.412 e. The highest BCUT2D eigenvalue weighted by Gasteiger charge is 2.15. The van der Waals surface area contributed by atoms with Crippen LogP contribution in [0.3, 0.4) is 0 Å². The molecule has 0 aromatic heterocycles. The fourth-order valence-electron chi connectivity index (χ4n) is 3.87. The molecule has 3 aromatic carbocycles. The van der Waals surface area contributed by atoms with Gasteiger partial charge in [0.15, 0.2) is 0 Å². The van der Waals surface area contributed by atoms with E-state index in [2.05, 4.69) is 52.7 Å². The molecule has 0 aliphatic carbocycles. The summed E-state index contributed by atoms with van der Waals surface area (Å²) >= 11 is 0. The molecule has 0 unspecified atom stereocenters. The molecule has 4 heteroatoms. The number of carbonyl (C=O) groups excluding carboxylic acids is 1. The number of benzene rings is 3. The van der Waals surface area contributed by atoms with Gasteiger partial charge in [0, 0.05) is 32.6 Å². The molecule has 4 nitrogen and oxygen atoms in total. The Morgan fingerprint density at radius 3 is 2.32 bits per heavy atom. The van der Waals surface area contributed by atoms with Crippen LogP contribution < -0.4 is 10.1 Å². The van der Waals surface area contributed by atoms with E-state index in [0.29, 0.717) is 12.3 Å². The molecular weight excluding hydrogens is 384 g/mol. The van der Waals surface area contributed by atoms with Crippen LogP contribution in [0, 0.1) is 0 Å². The van der Waals surface area contributed by atoms with E-state index in [-0.39, 0.29) is 0 Å². The zero-order valence-corrected chi connectivity index (χ0v) is 17.7. The van der Waals surface area contributed by atoms with Crippen LogP contribution in [-0.4, -0.2) is 30.6 Å². The highest BCUT2D eigenvalue weighted by molar-refractivity contribution is 5.71. The lowest BCUT2D eigenvalue weighted by molar-refractivity contribution is 0.200. The molecule has 158 valence electrons. The van der Waals surface area contributed by atoms with E-state index in [1.54, 1.807) is 0 Å². The second-order valence-corrected chi connectivity index (χ2v) is 7.86. The molecule has 3 aromatic rings. The summed E-state index contributed by atoms with van der Waals surface area (Å²) in [5.41, 5.74) is 4.71. The summed E-state index contributed by atoms with van der Waals surface area (Å²) < 4.78 is 5.64. The Labute approximate surface area is 184 Å². The minimum absolute atomic E-state index is 0.415. The summed E-state index contributed by atoms with van der Waals surface area (Å²) in [5, 5.41) is 2.92. The molecule has 0 saturated heterocycles. The maximum absolute atomic E-state index is 12.5. The molecule has 1 aliphatic heterocycles. The van der Waals surface area contributed by atoms with E-state index in [1.807, 2.05) is 48.5 Å². The van der Waals surface area contributed by atoms with Crippen molar-refractivity contribution in [3.05, 3.63) is 113 Å². The highest BCUT2D eigenvalue weighted by atomic mass is 16.6. The van der Waals surface area contributed by atoms with Gasteiger partial charge in [0.25, 0.3) is 0 Å². The van der Waals surface area contributed by atoms with Crippen LogP contribution in [0.5, 0.6) is 5.75 Å². The summed E-state index contributed by atoms with van der Waals surface area (Å²) in [4.78, 5) is 14.9. The van der Waals surface area contributed by atoms with E-state index >= 15 is 0 Å². The number of hydrogen-bond donors (Lipinski definition) is 1. The first-order valence-electron chi connectivity index (χ1n) is 10.8. The zero-order valence-electron chi connectivity index (χ0n) is 17.7. The maximum Gasteiger partial charge on any atom is 0.412 e. The second-order valence-electron chi connectivity index (χ2n) is 7.86. The van der Waals surface area contributed by atoms with Crippen LogP contribution in [0.1, 0.15) is 23.1 Å². The van der Waals surface area contributed by atoms with Crippen molar-refractivity contribution in [2.24, 2.45) is 0 Å². The Hall–Kier alpha value is -3.37. The third kappa shape index (κ3) is 6.30. The fraction of sp³-hybridized carbons (Fsp3) is 0.222. The monoisotopic (exact) mass is 412 g/mol. The van der Waals surface area contributed by atoms with Gasteiger partial charge in [-0.15, -0.1) is 0 Å². The molecule has 31 heavy (non-hydrogen) atoms. The van der Waals surface area contributed by atoms with E-state index in [4.69, 9.17) is 4.74 Å². The summed E-state index contributed by atoms with van der Waals surface area (Å²) in [5.74, 6) is 0.604. The molecule has 1 aliphatic rings. The molecule has 4 rings (SSSR count). The number of hydrogen-bond acceptors (Lipinski definition) is 3. The average molecular weight is 413 g/mol. The van der Waals surface area contributed by atoms with Crippen molar-refractivity contribution in [2.45, 2.75) is 19.4 Å². The highest BCUT2D eigenvalue weighted by Crippen LogP contribution is 2.21. The molecule has 1 heterocycles. The third-order valence-corrected chi connectivity index (χ3v) is 5.43. The molecule has 1 amide bonds. The van der Waals surface area contributed by atoms with Crippen LogP contribution in [0.4, 0.5) is 4.79 Å². The molecule has 0 fully saturated rings. The second kappa shape index (κ2) is 10.6. The number of carbonyl (C=O) groups is 1. The first-order chi connectivity index (χ1) is 15.3. The van der Waals surface area contributed by atoms with Crippen molar-refractivity contribution in [1.82, 2.24) is 10.2 Å². The number of rotatable bonds is 7. The number of nitrogens with zero attached hydrogens (tertiary/aromatic N) is 1. The van der Waals surface area contributed by atoms with E-state index in [1.165, 1.54) is 16.7 Å². The van der Waals surface area contributed by atoms with Gasteiger partial charge in [-0.25, -0.2) is 4.79 Å². The maximum atomic E-state index is 12.5. The van der Waals surface area contributed by atoms with Crippen LogP contribution in [-0.2, 0) is 13.0 Å². The first-order valence-corrected chi connectivity index (χ1v) is 10.8. The normalized spacial score (nSPS) is 14.0. The Balaban J connectivity index is 1.29. The Kier molecular flexibility index (Phi) is 7.14. The molecule has 1 N–H and O–H groups in total. The Morgan fingerprint density at radius 1 is 0.871 bits per heavy atom. The van der Waals surface area contributed by atoms with Gasteiger partial charge >= 0.3 is 6.09 Å². The predicted octanol–water partition coefficient (Wildman–Crippen LogP) is 5.20. The zero-order chi connectivity index (χ0) is 21.3. The van der Waals surface area contributed by atoms with Crippen molar-refractivity contribution in [1.29, 1.82) is 0 Å². The van der Waals surface area contributed by atoms with Gasteiger partial charge in [-0.3, -0.25) is 4.90 Å². The van der Waals surface area contributed by atoms with Gasteiger partial charge in [-0.05, 0) is 34.8 Å². The van der Waals surface area contributed by atoms with Gasteiger partial charge in [0.1, 0.15) is 5.75 Å². The Bertz CT molecular complexity index is 1020. The van der Waals surface area contributed by atoms with Gasteiger partial charge in [0.2, 0.25) is 0 Å². The standard InChI is InChI=1S/C27H28N2O2/c30-27(31-26-16-8-7-15-25(26)18-22-10-3-1-4-11-22)28-19-24-14-9-17-29(21-24)20-23-12-5-2-6-13-23/h1-8,10-16H,9,17-21H2,(H,28,30). The third-order valence-electron chi connectivity index (χ3n) is 5.43. The molecule has 0 radical (unpaired) electrons. The lowest BCUT2D eigenvalue weighted by Crippen LogP contribution is -2.35. The smallest absolute Gasteiger partial charge is 0.410 e. The molecule has 0 saturated carbocycles. The van der Waals surface area contributed by atoms with Crippen molar-refractivity contribution >= 4 is 6.09 Å². The quantitative estimate of drug-likeness (QED) is 0.543. The van der Waals surface area contributed by atoms with E-state index in [9.17, 15) is 4.79 Å². The molecular formula is C27H28N2O2. The summed E-state index contributed by atoms with van der Waals surface area (Å²) in [6, 6.07) is 28.4. The SMILES string of the molecule is O=C(NCC1=CCCN(Cc2ccccc2)C1)Oc1ccccc1Cc1ccccc1. The topological polar surface area (TPSA) is 41.6 Å². The van der Waals surface area contributed by atoms with Crippen molar-refractivity contribution in [3.63, 3.8) is 0 Å². The molecule has 0 atom stereocenters. The number of ether oxygens (including phenoxy) is 1. The van der Waals surface area contributed by atoms with E-state index < -0.39 is 6.09 Å². The van der Waals surface area contributed by atoms with Crippen LogP contribution in [0.25, 0.3) is 0 Å². The predicted molar refractivity (Wildman–Crippen MR) is 124 cm³/mol. The van der Waals surface area contributed by atoms with Crippen LogP contribution in [0.15, 0.2) is 96.6 Å². The number of nitrogens with one attached hydrogen (secondary N) is 1. The summed E-state index contributed by atoms with van der Waals surface area (Å²) in [6.07, 6.45) is 3.54. The fourth-order valence-corrected chi connectivity index (χ4v) is 3.87. The summed E-state index contributed by atoms with van der Waals surface area (Å²) in [6.45, 7) is 3.33. The minimum atomic E-state index is -0.415.